The maximum Gasteiger partial charge on any atom is 0.262 e. The molecule has 21 heavy (non-hydrogen) atoms. The first kappa shape index (κ1) is 15.5. The van der Waals surface area contributed by atoms with Crippen LogP contribution in [0.1, 0.15) is 29.9 Å². The van der Waals surface area contributed by atoms with E-state index >= 15 is 0 Å². The van der Waals surface area contributed by atoms with Crippen molar-refractivity contribution in [2.45, 2.75) is 31.7 Å². The molecule has 0 aliphatic heterocycles. The van der Waals surface area contributed by atoms with Gasteiger partial charge >= 0.3 is 0 Å². The van der Waals surface area contributed by atoms with Crippen molar-refractivity contribution in [3.63, 3.8) is 0 Å². The smallest absolute Gasteiger partial charge is 0.262 e. The van der Waals surface area contributed by atoms with E-state index in [9.17, 15) is 8.42 Å². The Morgan fingerprint density at radius 1 is 1.19 bits per heavy atom. The lowest BCUT2D eigenvalue weighted by Crippen LogP contribution is -2.15. The number of H-pyrrole nitrogens is 1. The number of nitrogens with zero attached hydrogens (tertiary/aromatic N) is 1. The molecule has 0 saturated carbocycles. The van der Waals surface area contributed by atoms with Gasteiger partial charge < -0.3 is 5.32 Å². The highest BCUT2D eigenvalue weighted by Crippen LogP contribution is 2.22. The van der Waals surface area contributed by atoms with Gasteiger partial charge in [0.05, 0.1) is 22.0 Å². The van der Waals surface area contributed by atoms with Crippen LogP contribution in [-0.2, 0) is 10.0 Å². The summed E-state index contributed by atoms with van der Waals surface area (Å²) in [6.07, 6.45) is 0. The van der Waals surface area contributed by atoms with Crippen LogP contribution in [0.2, 0.25) is 0 Å². The Morgan fingerprint density at radius 2 is 1.81 bits per heavy atom. The Kier molecular flexibility index (Phi) is 4.34. The van der Waals surface area contributed by atoms with E-state index in [0.717, 1.165) is 5.56 Å². The molecule has 1 aromatic carbocycles. The second-order valence-electron chi connectivity index (χ2n) is 4.99. The molecule has 0 spiro atoms. The Hall–Kier alpha value is -1.86. The zero-order valence-electron chi connectivity index (χ0n) is 12.6. The minimum absolute atomic E-state index is 0.174. The average molecular weight is 308 g/mol. The molecule has 0 amide bonds. The monoisotopic (exact) mass is 308 g/mol. The van der Waals surface area contributed by atoms with Gasteiger partial charge in [-0.25, -0.2) is 8.42 Å². The highest BCUT2D eigenvalue weighted by molar-refractivity contribution is 7.92. The first-order valence-corrected chi connectivity index (χ1v) is 8.15. The van der Waals surface area contributed by atoms with Gasteiger partial charge in [0, 0.05) is 6.04 Å². The molecule has 0 saturated heterocycles. The van der Waals surface area contributed by atoms with Crippen molar-refractivity contribution in [3.05, 3.63) is 41.2 Å². The number of aromatic nitrogens is 2. The topological polar surface area (TPSA) is 86.9 Å². The number of sulfonamides is 1. The van der Waals surface area contributed by atoms with Crippen molar-refractivity contribution in [1.82, 2.24) is 15.5 Å². The van der Waals surface area contributed by atoms with Crippen LogP contribution in [0.5, 0.6) is 0 Å². The van der Waals surface area contributed by atoms with Crippen LogP contribution in [0.15, 0.2) is 29.2 Å². The third-order valence-corrected chi connectivity index (χ3v) is 4.85. The second kappa shape index (κ2) is 5.87. The van der Waals surface area contributed by atoms with Gasteiger partial charge in [-0.15, -0.1) is 0 Å². The third kappa shape index (κ3) is 3.25. The van der Waals surface area contributed by atoms with Crippen molar-refractivity contribution in [1.29, 1.82) is 0 Å². The predicted octanol–water partition coefficient (Wildman–Crippen LogP) is 2.11. The maximum absolute atomic E-state index is 12.4. The molecule has 114 valence electrons. The van der Waals surface area contributed by atoms with Crippen LogP contribution in [0.3, 0.4) is 0 Å². The summed E-state index contributed by atoms with van der Waals surface area (Å²) in [5, 5.41) is 9.85. The summed E-state index contributed by atoms with van der Waals surface area (Å²) in [5.41, 5.74) is 2.85. The highest BCUT2D eigenvalue weighted by Gasteiger charge is 2.18. The maximum atomic E-state index is 12.4. The summed E-state index contributed by atoms with van der Waals surface area (Å²) >= 11 is 0. The lowest BCUT2D eigenvalue weighted by Gasteiger charge is -2.12. The zero-order chi connectivity index (χ0) is 15.6. The van der Waals surface area contributed by atoms with E-state index in [1.165, 1.54) is 0 Å². The summed E-state index contributed by atoms with van der Waals surface area (Å²) in [5.74, 6) is 0. The molecule has 1 heterocycles. The van der Waals surface area contributed by atoms with Crippen molar-refractivity contribution < 1.29 is 8.42 Å². The second-order valence-corrected chi connectivity index (χ2v) is 6.68. The molecule has 3 N–H and O–H groups in total. The first-order valence-electron chi connectivity index (χ1n) is 6.66. The number of anilines is 1. The molecule has 6 nitrogen and oxygen atoms in total. The minimum atomic E-state index is -3.61. The van der Waals surface area contributed by atoms with Crippen LogP contribution in [0, 0.1) is 13.8 Å². The molecule has 2 rings (SSSR count). The number of aromatic amines is 1. The lowest BCUT2D eigenvalue weighted by molar-refractivity contribution is 0.600. The molecule has 0 fully saturated rings. The Bertz CT molecular complexity index is 700. The number of aryl methyl sites for hydroxylation is 2. The van der Waals surface area contributed by atoms with E-state index in [0.29, 0.717) is 17.1 Å². The molecule has 1 atom stereocenters. The quantitative estimate of drug-likeness (QED) is 0.789. The first-order chi connectivity index (χ1) is 9.85. The Morgan fingerprint density at radius 3 is 2.29 bits per heavy atom. The largest absolute Gasteiger partial charge is 0.313 e. The van der Waals surface area contributed by atoms with E-state index in [-0.39, 0.29) is 10.9 Å². The van der Waals surface area contributed by atoms with Crippen LogP contribution in [0.25, 0.3) is 0 Å². The Labute approximate surface area is 125 Å². The molecule has 2 aromatic rings. The van der Waals surface area contributed by atoms with Gasteiger partial charge in [-0.1, -0.05) is 12.1 Å². The molecule has 7 heteroatoms. The molecular formula is C14H20N4O2S. The number of rotatable bonds is 5. The van der Waals surface area contributed by atoms with Gasteiger partial charge in [0.25, 0.3) is 10.0 Å². The van der Waals surface area contributed by atoms with Crippen LogP contribution >= 0.6 is 0 Å². The van der Waals surface area contributed by atoms with E-state index in [1.807, 2.05) is 26.1 Å². The van der Waals surface area contributed by atoms with Crippen molar-refractivity contribution in [2.75, 3.05) is 11.8 Å². The number of nitrogens with one attached hydrogen (secondary N) is 3. The van der Waals surface area contributed by atoms with E-state index in [1.54, 1.807) is 26.0 Å². The van der Waals surface area contributed by atoms with E-state index < -0.39 is 10.0 Å². The number of hydrogen-bond donors (Lipinski definition) is 3. The Balaban J connectivity index is 2.28. The van der Waals surface area contributed by atoms with Crippen LogP contribution in [0.4, 0.5) is 5.69 Å². The summed E-state index contributed by atoms with van der Waals surface area (Å²) in [6.45, 7) is 5.54. The fourth-order valence-corrected chi connectivity index (χ4v) is 3.18. The fourth-order valence-electron chi connectivity index (χ4n) is 2.00. The zero-order valence-corrected chi connectivity index (χ0v) is 13.4. The van der Waals surface area contributed by atoms with Gasteiger partial charge in [0.1, 0.15) is 0 Å². The lowest BCUT2D eigenvalue weighted by atomic mass is 10.1. The summed E-state index contributed by atoms with van der Waals surface area (Å²) < 4.78 is 27.3. The molecule has 0 radical (unpaired) electrons. The predicted molar refractivity (Wildman–Crippen MR) is 82.8 cm³/mol. The number of hydrogen-bond acceptors (Lipinski definition) is 4. The van der Waals surface area contributed by atoms with Crippen LogP contribution < -0.4 is 10.0 Å². The van der Waals surface area contributed by atoms with Gasteiger partial charge in [-0.3, -0.25) is 9.82 Å². The molecule has 1 aromatic heterocycles. The van der Waals surface area contributed by atoms with Gasteiger partial charge in [-0.2, -0.15) is 5.10 Å². The highest BCUT2D eigenvalue weighted by atomic mass is 32.2. The fraction of sp³-hybridized carbons (Fsp3) is 0.357. The number of benzene rings is 1. The van der Waals surface area contributed by atoms with Crippen LogP contribution in [-0.4, -0.2) is 25.7 Å². The molecule has 0 aliphatic carbocycles. The summed E-state index contributed by atoms with van der Waals surface area (Å²) in [6, 6.07) is 7.01. The standard InChI is InChI=1S/C14H20N4O2S/c1-9(15-4)12-5-7-13(8-6-12)21(19,20)18-14-10(2)16-17-11(14)3/h5-9,15,18H,1-4H3,(H,16,17). The van der Waals surface area contributed by atoms with Crippen molar-refractivity contribution in [2.24, 2.45) is 0 Å². The third-order valence-electron chi connectivity index (χ3n) is 3.49. The molecular weight excluding hydrogens is 288 g/mol. The van der Waals surface area contributed by atoms with Crippen molar-refractivity contribution >= 4 is 15.7 Å². The minimum Gasteiger partial charge on any atom is -0.313 e. The summed E-state index contributed by atoms with van der Waals surface area (Å²) in [7, 11) is -1.75. The molecule has 0 aliphatic rings. The SMILES string of the molecule is CNC(C)c1ccc(S(=O)(=O)Nc2c(C)n[nH]c2C)cc1. The van der Waals surface area contributed by atoms with Gasteiger partial charge in [0.15, 0.2) is 0 Å². The van der Waals surface area contributed by atoms with E-state index in [2.05, 4.69) is 20.2 Å². The molecule has 1 unspecified atom stereocenters. The van der Waals surface area contributed by atoms with E-state index in [4.69, 9.17) is 0 Å². The van der Waals surface area contributed by atoms with Gasteiger partial charge in [-0.05, 0) is 45.5 Å². The summed E-state index contributed by atoms with van der Waals surface area (Å²) in [4.78, 5) is 0.231. The molecule has 0 bridgehead atoms. The normalized spacial score (nSPS) is 13.1. The van der Waals surface area contributed by atoms with Gasteiger partial charge in [0.2, 0.25) is 0 Å². The average Bonchev–Trinajstić information content (AvgIpc) is 2.78. The van der Waals surface area contributed by atoms with Crippen molar-refractivity contribution in [3.8, 4) is 0 Å².